The van der Waals surface area contributed by atoms with Crippen LogP contribution in [0.15, 0.2) is 121 Å². The maximum absolute atomic E-state index is 7.63. The van der Waals surface area contributed by atoms with Crippen LogP contribution in [-0.2, 0) is 16.2 Å². The van der Waals surface area contributed by atoms with Gasteiger partial charge in [-0.2, -0.15) is 0 Å². The zero-order valence-electron chi connectivity index (χ0n) is 31.2. The Bertz CT molecular complexity index is 2150. The summed E-state index contributed by atoms with van der Waals surface area (Å²) < 4.78 is 20.7. The van der Waals surface area contributed by atoms with E-state index >= 15 is 0 Å². The van der Waals surface area contributed by atoms with Crippen molar-refractivity contribution in [3.63, 3.8) is 0 Å². The van der Waals surface area contributed by atoms with Crippen molar-refractivity contribution >= 4 is 47.7 Å². The van der Waals surface area contributed by atoms with Crippen LogP contribution in [0.5, 0.6) is 34.5 Å². The van der Waals surface area contributed by atoms with Crippen LogP contribution in [0, 0.1) is 0 Å². The second kappa shape index (κ2) is 11.8. The van der Waals surface area contributed by atoms with E-state index in [1.165, 1.54) is 54.1 Å². The number of ether oxygens (including phenoxy) is 3. The summed E-state index contributed by atoms with van der Waals surface area (Å²) >= 11 is 0. The van der Waals surface area contributed by atoms with Gasteiger partial charge in [0.15, 0.2) is 0 Å². The summed E-state index contributed by atoms with van der Waals surface area (Å²) in [7, 11) is -2.01. The Hall–Kier alpha value is -4.42. The third-order valence-corrected chi connectivity index (χ3v) is 15.8. The molecule has 260 valence electrons. The monoisotopic (exact) mass is 718 g/mol. The van der Waals surface area contributed by atoms with Gasteiger partial charge in [-0.15, -0.1) is 0 Å². The number of para-hydroxylation sites is 4. The van der Waals surface area contributed by atoms with Gasteiger partial charge in [0.2, 0.25) is 0 Å². The molecule has 52 heavy (non-hydrogen) atoms. The minimum absolute atomic E-state index is 0.0715. The van der Waals surface area contributed by atoms with Crippen molar-refractivity contribution in [1.82, 2.24) is 0 Å². The topological polar surface area (TPSA) is 27.7 Å². The van der Waals surface area contributed by atoms with E-state index in [2.05, 4.69) is 177 Å². The first-order valence-electron chi connectivity index (χ1n) is 18.2. The number of hydrogen-bond acceptors (Lipinski definition) is 3. The quantitative estimate of drug-likeness (QED) is 0.167. The van der Waals surface area contributed by atoms with Gasteiger partial charge in [0, 0.05) is 48.4 Å². The van der Waals surface area contributed by atoms with Crippen molar-refractivity contribution in [2.45, 2.75) is 71.6 Å². The molecule has 0 aromatic heterocycles. The van der Waals surface area contributed by atoms with Gasteiger partial charge in [0.05, 0.1) is 0 Å². The predicted molar refractivity (Wildman–Crippen MR) is 220 cm³/mol. The molecule has 0 bridgehead atoms. The zero-order chi connectivity index (χ0) is 36.2. The van der Waals surface area contributed by atoms with Crippen LogP contribution in [0.4, 0.5) is 0 Å². The van der Waals surface area contributed by atoms with Crippen LogP contribution in [0.1, 0.15) is 77.6 Å². The largest absolute Gasteiger partial charge is 0.456 e. The molecule has 3 heterocycles. The van der Waals surface area contributed by atoms with Crippen LogP contribution in [0.2, 0.25) is 0 Å². The smallest absolute Gasteiger partial charge is 0.139 e. The molecule has 0 radical (unpaired) electrons. The highest BCUT2D eigenvalue weighted by atomic mass is 31.1. The van der Waals surface area contributed by atoms with Crippen molar-refractivity contribution in [1.29, 1.82) is 0 Å². The predicted octanol–water partition coefficient (Wildman–Crippen LogP) is 10.4. The van der Waals surface area contributed by atoms with E-state index in [0.717, 1.165) is 34.5 Å². The maximum atomic E-state index is 7.63. The van der Waals surface area contributed by atoms with Crippen LogP contribution in [-0.4, -0.2) is 0 Å². The normalized spacial score (nSPS) is 15.8. The van der Waals surface area contributed by atoms with Crippen molar-refractivity contribution in [3.8, 4) is 34.5 Å². The lowest BCUT2D eigenvalue weighted by molar-refractivity contribution is 0.421. The molecule has 3 nitrogen and oxygen atoms in total. The van der Waals surface area contributed by atoms with E-state index in [9.17, 15) is 0 Å². The molecule has 3 aliphatic heterocycles. The first-order chi connectivity index (χ1) is 24.8. The molecule has 0 unspecified atom stereocenters. The Balaban J connectivity index is 1.36. The molecule has 0 amide bonds. The Morgan fingerprint density at radius 2 is 0.712 bits per heavy atom. The van der Waals surface area contributed by atoms with Crippen LogP contribution >= 0.6 is 15.8 Å². The summed E-state index contributed by atoms with van der Waals surface area (Å²) in [6, 6.07) is 44.0. The summed E-state index contributed by atoms with van der Waals surface area (Å²) in [5.74, 6) is 5.66. The second-order valence-corrected chi connectivity index (χ2v) is 20.9. The fourth-order valence-corrected chi connectivity index (χ4v) is 12.9. The molecule has 3 aliphatic rings. The molecule has 0 N–H and O–H groups in total. The summed E-state index contributed by atoms with van der Waals surface area (Å²) in [6.07, 6.45) is 0. The molecule has 6 aromatic rings. The molecular weight excluding hydrogens is 674 g/mol. The fraction of sp³-hybridized carbons (Fsp3) is 0.234. The van der Waals surface area contributed by atoms with E-state index in [-0.39, 0.29) is 16.2 Å². The number of hydrogen-bond donors (Lipinski definition) is 0. The van der Waals surface area contributed by atoms with Gasteiger partial charge in [0.1, 0.15) is 34.5 Å². The van der Waals surface area contributed by atoms with Gasteiger partial charge < -0.3 is 14.2 Å². The third-order valence-electron chi connectivity index (χ3n) is 10.8. The van der Waals surface area contributed by atoms with Gasteiger partial charge in [0.25, 0.3) is 0 Å². The highest BCUT2D eigenvalue weighted by Gasteiger charge is 2.43. The summed E-state index contributed by atoms with van der Waals surface area (Å²) in [5, 5.41) is 7.36. The SMILES string of the molecule is CC(C)(C)c1cc(P2c3ccccc3Oc3ccccc32)c2c(c1)C(C)(C)c1cc(C(C)(C)C)cc(P3c4ccccc4Oc4ccccc43)c1O2. The lowest BCUT2D eigenvalue weighted by Gasteiger charge is -2.41. The summed E-state index contributed by atoms with van der Waals surface area (Å²) in [6.45, 7) is 18.7. The highest BCUT2D eigenvalue weighted by Crippen LogP contribution is 2.57. The van der Waals surface area contributed by atoms with Crippen LogP contribution < -0.4 is 46.0 Å². The standard InChI is InChI=1S/C47H44O3P2/c1-45(2,3)29-25-31-43(41(27-29)51-37-21-13-9-17-33(37)48-34-18-10-14-22-38(34)51)50-44-32(47(31,7)8)26-30(46(4,5)6)28-42(44)52-39-23-15-11-19-35(39)49-36-20-12-16-24-40(36)52/h9-28H,1-8H3. The van der Waals surface area contributed by atoms with Gasteiger partial charge in [-0.3, -0.25) is 0 Å². The van der Waals surface area contributed by atoms with E-state index in [1.807, 2.05) is 0 Å². The Kier molecular flexibility index (Phi) is 7.58. The summed E-state index contributed by atoms with van der Waals surface area (Å²) in [5.41, 5.74) is 4.61. The molecule has 0 spiro atoms. The van der Waals surface area contributed by atoms with Gasteiger partial charge in [-0.25, -0.2) is 0 Å². The average Bonchev–Trinajstić information content (AvgIpc) is 3.11. The molecule has 5 heteroatoms. The van der Waals surface area contributed by atoms with Gasteiger partial charge in [-0.1, -0.05) is 140 Å². The second-order valence-electron chi connectivity index (χ2n) is 16.7. The van der Waals surface area contributed by atoms with E-state index in [0.29, 0.717) is 0 Å². The number of benzene rings is 6. The molecule has 0 atom stereocenters. The van der Waals surface area contributed by atoms with Crippen LogP contribution in [0.3, 0.4) is 0 Å². The van der Waals surface area contributed by atoms with Crippen molar-refractivity contribution in [2.75, 3.05) is 0 Å². The molecule has 0 fully saturated rings. The Morgan fingerprint density at radius 3 is 1.02 bits per heavy atom. The molecule has 0 aliphatic carbocycles. The van der Waals surface area contributed by atoms with Crippen molar-refractivity contribution < 1.29 is 14.2 Å². The van der Waals surface area contributed by atoms with E-state index in [1.54, 1.807) is 0 Å². The molecule has 0 saturated heterocycles. The summed E-state index contributed by atoms with van der Waals surface area (Å²) in [4.78, 5) is 0. The third kappa shape index (κ3) is 5.23. The van der Waals surface area contributed by atoms with E-state index in [4.69, 9.17) is 14.2 Å². The highest BCUT2D eigenvalue weighted by molar-refractivity contribution is 7.81. The minimum atomic E-state index is -1.01. The fourth-order valence-electron chi connectivity index (χ4n) is 7.74. The molecule has 6 aromatic carbocycles. The van der Waals surface area contributed by atoms with Crippen molar-refractivity contribution in [3.05, 3.63) is 144 Å². The number of fused-ring (bicyclic) bond motifs is 6. The zero-order valence-corrected chi connectivity index (χ0v) is 33.0. The Morgan fingerprint density at radius 1 is 0.404 bits per heavy atom. The average molecular weight is 719 g/mol. The van der Waals surface area contributed by atoms with E-state index < -0.39 is 15.8 Å². The minimum Gasteiger partial charge on any atom is -0.456 e. The lowest BCUT2D eigenvalue weighted by Crippen LogP contribution is -2.36. The van der Waals surface area contributed by atoms with Gasteiger partial charge >= 0.3 is 0 Å². The van der Waals surface area contributed by atoms with Gasteiger partial charge in [-0.05, 0) is 74.2 Å². The molecular formula is C47H44O3P2. The first-order valence-corrected chi connectivity index (χ1v) is 20.9. The maximum Gasteiger partial charge on any atom is 0.139 e. The molecule has 9 rings (SSSR count). The Labute approximate surface area is 310 Å². The lowest BCUT2D eigenvalue weighted by atomic mass is 9.72. The number of rotatable bonds is 2. The van der Waals surface area contributed by atoms with Crippen molar-refractivity contribution in [2.24, 2.45) is 0 Å². The molecule has 0 saturated carbocycles. The first kappa shape index (κ1) is 33.4. The van der Waals surface area contributed by atoms with Crippen LogP contribution in [0.25, 0.3) is 0 Å².